The molecule has 2 aromatic rings. The molecular formula is C28H39NO2. The van der Waals surface area contributed by atoms with Crippen LogP contribution in [-0.2, 0) is 11.3 Å². The fourth-order valence-electron chi connectivity index (χ4n) is 5.48. The molecule has 0 spiro atoms. The molecule has 2 fully saturated rings. The zero-order chi connectivity index (χ0) is 22.1. The van der Waals surface area contributed by atoms with Gasteiger partial charge in [-0.25, -0.2) is 0 Å². The van der Waals surface area contributed by atoms with Crippen molar-refractivity contribution in [1.29, 1.82) is 0 Å². The SMILES string of the molecule is CCC1(C(C)=O)CCN(Cc2ccc3cc(OC4CCC(C)(C)CC4)ccc3c2)CC1. The lowest BCUT2D eigenvalue weighted by Gasteiger charge is -2.39. The van der Waals surface area contributed by atoms with E-state index in [0.717, 1.165) is 57.5 Å². The molecule has 168 valence electrons. The molecule has 0 unspecified atom stereocenters. The van der Waals surface area contributed by atoms with Crippen LogP contribution in [0.4, 0.5) is 0 Å². The fourth-order valence-corrected chi connectivity index (χ4v) is 5.48. The van der Waals surface area contributed by atoms with Crippen LogP contribution in [0, 0.1) is 10.8 Å². The van der Waals surface area contributed by atoms with Crippen molar-refractivity contribution >= 4 is 16.6 Å². The molecule has 0 atom stereocenters. The number of benzene rings is 2. The van der Waals surface area contributed by atoms with E-state index in [2.05, 4.69) is 62.1 Å². The molecule has 1 saturated carbocycles. The molecule has 4 rings (SSSR count). The minimum Gasteiger partial charge on any atom is -0.490 e. The Balaban J connectivity index is 1.37. The normalized spacial score (nSPS) is 21.8. The Morgan fingerprint density at radius 2 is 1.65 bits per heavy atom. The van der Waals surface area contributed by atoms with Gasteiger partial charge in [-0.05, 0) is 105 Å². The highest BCUT2D eigenvalue weighted by Crippen LogP contribution is 2.38. The number of Topliss-reactive ketones (excluding diaryl/α,β-unsaturated/α-hetero) is 1. The maximum absolute atomic E-state index is 12.1. The average Bonchev–Trinajstić information content (AvgIpc) is 2.76. The van der Waals surface area contributed by atoms with Crippen LogP contribution >= 0.6 is 0 Å². The maximum atomic E-state index is 12.1. The standard InChI is InChI=1S/C28H39NO2/c1-5-28(21(2)30)14-16-29(17-15-28)20-22-6-7-24-19-26(9-8-23(24)18-22)31-25-10-12-27(3,4)13-11-25/h6-9,18-19,25H,5,10-17,20H2,1-4H3. The van der Waals surface area contributed by atoms with Gasteiger partial charge in [0.1, 0.15) is 11.5 Å². The van der Waals surface area contributed by atoms with Gasteiger partial charge in [-0.1, -0.05) is 39.0 Å². The van der Waals surface area contributed by atoms with Crippen LogP contribution < -0.4 is 4.74 Å². The molecule has 31 heavy (non-hydrogen) atoms. The van der Waals surface area contributed by atoms with E-state index in [0.29, 0.717) is 17.3 Å². The number of nitrogens with zero attached hydrogens (tertiary/aromatic N) is 1. The third kappa shape index (κ3) is 5.14. The summed E-state index contributed by atoms with van der Waals surface area (Å²) in [5, 5.41) is 2.52. The second kappa shape index (κ2) is 8.94. The Bertz CT molecular complexity index is 914. The second-order valence-corrected chi connectivity index (χ2v) is 10.8. The first-order valence-corrected chi connectivity index (χ1v) is 12.2. The number of hydrogen-bond donors (Lipinski definition) is 0. The molecule has 0 amide bonds. The smallest absolute Gasteiger partial charge is 0.136 e. The van der Waals surface area contributed by atoms with Crippen LogP contribution in [0.1, 0.15) is 78.2 Å². The Hall–Kier alpha value is -1.87. The van der Waals surface area contributed by atoms with Crippen LogP contribution in [0.25, 0.3) is 10.8 Å². The number of carbonyl (C=O) groups is 1. The molecular weight excluding hydrogens is 382 g/mol. The third-order valence-corrected chi connectivity index (χ3v) is 8.11. The average molecular weight is 422 g/mol. The van der Waals surface area contributed by atoms with E-state index in [9.17, 15) is 4.79 Å². The van der Waals surface area contributed by atoms with Crippen LogP contribution in [0.2, 0.25) is 0 Å². The van der Waals surface area contributed by atoms with Gasteiger partial charge in [-0.15, -0.1) is 0 Å². The van der Waals surface area contributed by atoms with Gasteiger partial charge in [0, 0.05) is 12.0 Å². The number of hydrogen-bond acceptors (Lipinski definition) is 3. The van der Waals surface area contributed by atoms with Gasteiger partial charge in [-0.2, -0.15) is 0 Å². The maximum Gasteiger partial charge on any atom is 0.136 e. The summed E-state index contributed by atoms with van der Waals surface area (Å²) in [4.78, 5) is 14.6. The van der Waals surface area contributed by atoms with E-state index in [4.69, 9.17) is 4.74 Å². The summed E-state index contributed by atoms with van der Waals surface area (Å²) >= 11 is 0. The van der Waals surface area contributed by atoms with E-state index < -0.39 is 0 Å². The number of likely N-dealkylation sites (tertiary alicyclic amines) is 1. The molecule has 1 aliphatic heterocycles. The number of piperidine rings is 1. The van der Waals surface area contributed by atoms with Gasteiger partial charge in [0.2, 0.25) is 0 Å². The first-order valence-electron chi connectivity index (χ1n) is 12.2. The highest BCUT2D eigenvalue weighted by atomic mass is 16.5. The number of fused-ring (bicyclic) bond motifs is 1. The fraction of sp³-hybridized carbons (Fsp3) is 0.607. The lowest BCUT2D eigenvalue weighted by molar-refractivity contribution is -0.129. The highest BCUT2D eigenvalue weighted by Gasteiger charge is 2.36. The number of rotatable bonds is 6. The van der Waals surface area contributed by atoms with Crippen molar-refractivity contribution in [3.05, 3.63) is 42.0 Å². The lowest BCUT2D eigenvalue weighted by Crippen LogP contribution is -2.42. The van der Waals surface area contributed by atoms with Gasteiger partial charge >= 0.3 is 0 Å². The van der Waals surface area contributed by atoms with Gasteiger partial charge < -0.3 is 4.74 Å². The Labute approximate surface area is 188 Å². The molecule has 3 heteroatoms. The predicted molar refractivity (Wildman–Crippen MR) is 129 cm³/mol. The summed E-state index contributed by atoms with van der Waals surface area (Å²) in [7, 11) is 0. The molecule has 0 bridgehead atoms. The van der Waals surface area contributed by atoms with Gasteiger partial charge in [0.15, 0.2) is 0 Å². The number of ether oxygens (including phenoxy) is 1. The number of ketones is 1. The van der Waals surface area contributed by atoms with Crippen LogP contribution in [0.15, 0.2) is 36.4 Å². The van der Waals surface area contributed by atoms with Crippen molar-refractivity contribution in [3.8, 4) is 5.75 Å². The predicted octanol–water partition coefficient (Wildman–Crippen LogP) is 6.77. The van der Waals surface area contributed by atoms with E-state index in [1.807, 2.05) is 0 Å². The molecule has 1 aliphatic carbocycles. The van der Waals surface area contributed by atoms with Crippen molar-refractivity contribution in [2.24, 2.45) is 10.8 Å². The zero-order valence-electron chi connectivity index (χ0n) is 19.9. The van der Waals surface area contributed by atoms with Crippen LogP contribution in [-0.4, -0.2) is 29.9 Å². The molecule has 1 heterocycles. The summed E-state index contributed by atoms with van der Waals surface area (Å²) in [5.74, 6) is 1.37. The van der Waals surface area contributed by atoms with Gasteiger partial charge in [0.25, 0.3) is 0 Å². The van der Waals surface area contributed by atoms with Crippen LogP contribution in [0.3, 0.4) is 0 Å². The monoisotopic (exact) mass is 421 g/mol. The highest BCUT2D eigenvalue weighted by molar-refractivity contribution is 5.84. The minimum atomic E-state index is -0.0790. The van der Waals surface area contributed by atoms with Crippen molar-refractivity contribution in [2.45, 2.75) is 85.3 Å². The molecule has 1 saturated heterocycles. The summed E-state index contributed by atoms with van der Waals surface area (Å²) in [6.45, 7) is 11.6. The topological polar surface area (TPSA) is 29.5 Å². The molecule has 0 aromatic heterocycles. The van der Waals surface area contributed by atoms with Crippen molar-refractivity contribution in [1.82, 2.24) is 4.90 Å². The van der Waals surface area contributed by atoms with E-state index in [1.165, 1.54) is 29.2 Å². The summed E-state index contributed by atoms with van der Waals surface area (Å²) < 4.78 is 6.32. The Kier molecular flexibility index (Phi) is 6.44. The molecule has 2 aliphatic rings. The number of carbonyl (C=O) groups excluding carboxylic acids is 1. The lowest BCUT2D eigenvalue weighted by atomic mass is 9.73. The van der Waals surface area contributed by atoms with E-state index in [1.54, 1.807) is 6.92 Å². The quantitative estimate of drug-likeness (QED) is 0.515. The first kappa shape index (κ1) is 22.3. The van der Waals surface area contributed by atoms with E-state index in [-0.39, 0.29) is 5.41 Å². The molecule has 2 aromatic carbocycles. The van der Waals surface area contributed by atoms with Crippen LogP contribution in [0.5, 0.6) is 5.75 Å². The third-order valence-electron chi connectivity index (χ3n) is 8.11. The second-order valence-electron chi connectivity index (χ2n) is 10.8. The summed E-state index contributed by atoms with van der Waals surface area (Å²) in [5.41, 5.74) is 1.74. The first-order chi connectivity index (χ1) is 14.8. The molecule has 0 N–H and O–H groups in total. The van der Waals surface area contributed by atoms with Gasteiger partial charge in [0.05, 0.1) is 6.10 Å². The Morgan fingerprint density at radius 1 is 1.00 bits per heavy atom. The summed E-state index contributed by atoms with van der Waals surface area (Å²) in [6.07, 6.45) is 8.11. The van der Waals surface area contributed by atoms with Crippen molar-refractivity contribution in [2.75, 3.05) is 13.1 Å². The van der Waals surface area contributed by atoms with Gasteiger partial charge in [-0.3, -0.25) is 9.69 Å². The minimum absolute atomic E-state index is 0.0790. The van der Waals surface area contributed by atoms with Crippen molar-refractivity contribution < 1.29 is 9.53 Å². The molecule has 3 nitrogen and oxygen atoms in total. The zero-order valence-corrected chi connectivity index (χ0v) is 19.9. The molecule has 0 radical (unpaired) electrons. The van der Waals surface area contributed by atoms with E-state index >= 15 is 0 Å². The Morgan fingerprint density at radius 3 is 2.29 bits per heavy atom. The summed E-state index contributed by atoms with van der Waals surface area (Å²) in [6, 6.07) is 13.3. The largest absolute Gasteiger partial charge is 0.490 e. The van der Waals surface area contributed by atoms with Crippen molar-refractivity contribution in [3.63, 3.8) is 0 Å².